The Bertz CT molecular complexity index is 934. The number of benzene rings is 3. The topological polar surface area (TPSA) is 92.5 Å². The Morgan fingerprint density at radius 2 is 1.72 bits per heavy atom. The quantitative estimate of drug-likeness (QED) is 0.553. The number of rotatable bonds is 5. The molecule has 0 heterocycles. The summed E-state index contributed by atoms with van der Waals surface area (Å²) in [4.78, 5) is 22.6. The van der Waals surface area contributed by atoms with E-state index in [0.717, 1.165) is 10.8 Å². The maximum Gasteiger partial charge on any atom is 0.282 e. The van der Waals surface area contributed by atoms with E-state index in [-0.39, 0.29) is 17.8 Å². The van der Waals surface area contributed by atoms with E-state index in [4.69, 9.17) is 0 Å². The Labute approximate surface area is 143 Å². The first kappa shape index (κ1) is 16.6. The van der Waals surface area contributed by atoms with Crippen LogP contribution in [-0.4, -0.2) is 22.5 Å². The van der Waals surface area contributed by atoms with Gasteiger partial charge in [-0.25, -0.2) is 0 Å². The molecule has 1 unspecified atom stereocenters. The zero-order valence-electron chi connectivity index (χ0n) is 13.3. The van der Waals surface area contributed by atoms with Crippen molar-refractivity contribution in [1.29, 1.82) is 0 Å². The summed E-state index contributed by atoms with van der Waals surface area (Å²) in [6.07, 6.45) is -0.919. The number of nitrogens with zero attached hydrogens (tertiary/aromatic N) is 1. The highest BCUT2D eigenvalue weighted by Crippen LogP contribution is 2.24. The summed E-state index contributed by atoms with van der Waals surface area (Å²) in [5, 5.41) is 25.9. The summed E-state index contributed by atoms with van der Waals surface area (Å²) in [6, 6.07) is 18.9. The van der Waals surface area contributed by atoms with Crippen molar-refractivity contribution in [2.24, 2.45) is 0 Å². The molecule has 6 heteroatoms. The number of nitrogens with one attached hydrogen (secondary N) is 1. The van der Waals surface area contributed by atoms with Gasteiger partial charge in [-0.2, -0.15) is 0 Å². The fraction of sp³-hybridized carbons (Fsp3) is 0.105. The van der Waals surface area contributed by atoms with Gasteiger partial charge in [0, 0.05) is 12.6 Å². The van der Waals surface area contributed by atoms with Crippen molar-refractivity contribution in [1.82, 2.24) is 5.32 Å². The number of carbonyl (C=O) groups excluding carboxylic acids is 1. The monoisotopic (exact) mass is 336 g/mol. The number of nitro groups is 1. The minimum absolute atomic E-state index is 0.0300. The summed E-state index contributed by atoms with van der Waals surface area (Å²) >= 11 is 0. The molecule has 0 fully saturated rings. The van der Waals surface area contributed by atoms with Gasteiger partial charge in [0.25, 0.3) is 11.6 Å². The van der Waals surface area contributed by atoms with Crippen LogP contribution in [0.3, 0.4) is 0 Å². The lowest BCUT2D eigenvalue weighted by atomic mass is 10.0. The summed E-state index contributed by atoms with van der Waals surface area (Å²) in [7, 11) is 0. The van der Waals surface area contributed by atoms with Gasteiger partial charge in [0.2, 0.25) is 0 Å². The SMILES string of the molecule is O=C(NCC(O)c1cccc2ccccc12)c1ccccc1[N+](=O)[O-]. The molecule has 3 rings (SSSR count). The van der Waals surface area contributed by atoms with Crippen molar-refractivity contribution in [2.45, 2.75) is 6.10 Å². The van der Waals surface area contributed by atoms with Gasteiger partial charge in [0.15, 0.2) is 0 Å². The van der Waals surface area contributed by atoms with Crippen LogP contribution < -0.4 is 5.32 Å². The summed E-state index contributed by atoms with van der Waals surface area (Å²) in [5.74, 6) is -0.591. The van der Waals surface area contributed by atoms with E-state index >= 15 is 0 Å². The van der Waals surface area contributed by atoms with Crippen LogP contribution in [-0.2, 0) is 0 Å². The number of para-hydroxylation sites is 1. The van der Waals surface area contributed by atoms with E-state index in [1.807, 2.05) is 36.4 Å². The number of hydrogen-bond donors (Lipinski definition) is 2. The third kappa shape index (κ3) is 3.49. The summed E-state index contributed by atoms with van der Waals surface area (Å²) in [5.41, 5.74) is 0.401. The largest absolute Gasteiger partial charge is 0.387 e. The van der Waals surface area contributed by atoms with Crippen molar-refractivity contribution < 1.29 is 14.8 Å². The van der Waals surface area contributed by atoms with E-state index in [1.165, 1.54) is 18.2 Å². The zero-order chi connectivity index (χ0) is 17.8. The lowest BCUT2D eigenvalue weighted by molar-refractivity contribution is -0.385. The Morgan fingerprint density at radius 1 is 1.04 bits per heavy atom. The molecule has 3 aromatic carbocycles. The number of hydrogen-bond acceptors (Lipinski definition) is 4. The molecule has 0 radical (unpaired) electrons. The van der Waals surface area contributed by atoms with E-state index in [2.05, 4.69) is 5.32 Å². The second-order valence-corrected chi connectivity index (χ2v) is 5.57. The van der Waals surface area contributed by atoms with Crippen LogP contribution in [0.5, 0.6) is 0 Å². The summed E-state index contributed by atoms with van der Waals surface area (Å²) < 4.78 is 0. The van der Waals surface area contributed by atoms with Gasteiger partial charge < -0.3 is 10.4 Å². The highest BCUT2D eigenvalue weighted by atomic mass is 16.6. The van der Waals surface area contributed by atoms with Crippen LogP contribution in [0.4, 0.5) is 5.69 Å². The number of aliphatic hydroxyl groups excluding tert-OH is 1. The molecule has 0 bridgehead atoms. The second-order valence-electron chi connectivity index (χ2n) is 5.57. The molecule has 0 saturated carbocycles. The van der Waals surface area contributed by atoms with Crippen molar-refractivity contribution >= 4 is 22.4 Å². The Hall–Kier alpha value is -3.25. The number of amides is 1. The van der Waals surface area contributed by atoms with E-state index < -0.39 is 16.9 Å². The van der Waals surface area contributed by atoms with Gasteiger partial charge in [-0.15, -0.1) is 0 Å². The van der Waals surface area contributed by atoms with Gasteiger partial charge in [0.1, 0.15) is 5.56 Å². The maximum atomic E-state index is 12.2. The lowest BCUT2D eigenvalue weighted by Gasteiger charge is -2.15. The third-order valence-electron chi connectivity index (χ3n) is 3.98. The van der Waals surface area contributed by atoms with E-state index in [9.17, 15) is 20.0 Å². The molecular weight excluding hydrogens is 320 g/mol. The minimum Gasteiger partial charge on any atom is -0.387 e. The first-order valence-corrected chi connectivity index (χ1v) is 7.75. The van der Waals surface area contributed by atoms with Gasteiger partial charge >= 0.3 is 0 Å². The zero-order valence-corrected chi connectivity index (χ0v) is 13.3. The Balaban J connectivity index is 1.77. The molecule has 2 N–H and O–H groups in total. The normalized spacial score (nSPS) is 11.9. The van der Waals surface area contributed by atoms with E-state index in [0.29, 0.717) is 5.56 Å². The van der Waals surface area contributed by atoms with Crippen molar-refractivity contribution in [3.63, 3.8) is 0 Å². The number of fused-ring (bicyclic) bond motifs is 1. The highest BCUT2D eigenvalue weighted by Gasteiger charge is 2.20. The molecule has 3 aromatic rings. The van der Waals surface area contributed by atoms with Gasteiger partial charge in [-0.05, 0) is 22.4 Å². The second kappa shape index (κ2) is 7.11. The third-order valence-corrected chi connectivity index (χ3v) is 3.98. The van der Waals surface area contributed by atoms with Crippen LogP contribution in [0.25, 0.3) is 10.8 Å². The molecule has 0 aliphatic heterocycles. The van der Waals surface area contributed by atoms with Gasteiger partial charge in [-0.1, -0.05) is 54.6 Å². The molecule has 0 spiro atoms. The van der Waals surface area contributed by atoms with Crippen LogP contribution in [0.1, 0.15) is 22.0 Å². The average molecular weight is 336 g/mol. The maximum absolute atomic E-state index is 12.2. The fourth-order valence-corrected chi connectivity index (χ4v) is 2.76. The van der Waals surface area contributed by atoms with Crippen molar-refractivity contribution in [2.75, 3.05) is 6.54 Å². The molecule has 0 aliphatic rings. The van der Waals surface area contributed by atoms with Crippen LogP contribution in [0, 0.1) is 10.1 Å². The Kier molecular flexibility index (Phi) is 4.72. The molecular formula is C19H16N2O4. The van der Waals surface area contributed by atoms with Crippen LogP contribution >= 0.6 is 0 Å². The molecule has 25 heavy (non-hydrogen) atoms. The molecule has 1 atom stereocenters. The molecule has 0 saturated heterocycles. The molecule has 1 amide bonds. The Morgan fingerprint density at radius 3 is 2.52 bits per heavy atom. The fourth-order valence-electron chi connectivity index (χ4n) is 2.76. The highest BCUT2D eigenvalue weighted by molar-refractivity contribution is 5.98. The first-order valence-electron chi connectivity index (χ1n) is 7.75. The average Bonchev–Trinajstić information content (AvgIpc) is 2.65. The molecule has 126 valence electrons. The van der Waals surface area contributed by atoms with Crippen molar-refractivity contribution in [3.05, 3.63) is 88.0 Å². The number of aliphatic hydroxyl groups is 1. The standard InChI is InChI=1S/C19H16N2O4/c22-18(15-10-5-7-13-6-1-2-8-14(13)15)12-20-19(23)16-9-3-4-11-17(16)21(24)25/h1-11,18,22H,12H2,(H,20,23). The van der Waals surface area contributed by atoms with E-state index in [1.54, 1.807) is 12.1 Å². The van der Waals surface area contributed by atoms with Crippen LogP contribution in [0.15, 0.2) is 66.7 Å². The smallest absolute Gasteiger partial charge is 0.282 e. The number of nitro benzene ring substituents is 1. The molecule has 6 nitrogen and oxygen atoms in total. The molecule has 0 aromatic heterocycles. The summed E-state index contributed by atoms with van der Waals surface area (Å²) in [6.45, 7) is -0.0428. The van der Waals surface area contributed by atoms with Crippen molar-refractivity contribution in [3.8, 4) is 0 Å². The van der Waals surface area contributed by atoms with Gasteiger partial charge in [0.05, 0.1) is 11.0 Å². The number of carbonyl (C=O) groups is 1. The predicted octanol–water partition coefficient (Wildman–Crippen LogP) is 3.21. The minimum atomic E-state index is -0.919. The lowest BCUT2D eigenvalue weighted by Crippen LogP contribution is -2.29. The predicted molar refractivity (Wildman–Crippen MR) is 94.3 cm³/mol. The van der Waals surface area contributed by atoms with Crippen LogP contribution in [0.2, 0.25) is 0 Å². The first-order chi connectivity index (χ1) is 12.1. The molecule has 0 aliphatic carbocycles. The van der Waals surface area contributed by atoms with Gasteiger partial charge in [-0.3, -0.25) is 14.9 Å².